The Hall–Kier alpha value is -8.34. The van der Waals surface area contributed by atoms with Gasteiger partial charge in [0.2, 0.25) is 0 Å². The molecule has 0 atom stereocenters. The maximum absolute atomic E-state index is 2.48. The molecule has 0 amide bonds. The molecular formula is C70H66N4. The summed E-state index contributed by atoms with van der Waals surface area (Å²) in [4.78, 5) is 7.42. The van der Waals surface area contributed by atoms with E-state index < -0.39 is 0 Å². The number of aromatic nitrogens is 1. The van der Waals surface area contributed by atoms with Crippen LogP contribution in [0.3, 0.4) is 0 Å². The summed E-state index contributed by atoms with van der Waals surface area (Å²) in [5.74, 6) is 0. The van der Waals surface area contributed by atoms with Crippen LogP contribution in [0.4, 0.5) is 34.1 Å². The summed E-state index contributed by atoms with van der Waals surface area (Å²) < 4.78 is 2.42. The van der Waals surface area contributed by atoms with Gasteiger partial charge in [-0.3, -0.25) is 0 Å². The van der Waals surface area contributed by atoms with Crippen molar-refractivity contribution >= 4 is 55.9 Å². The van der Waals surface area contributed by atoms with E-state index >= 15 is 0 Å². The van der Waals surface area contributed by atoms with E-state index in [9.17, 15) is 0 Å². The number of hydrogen-bond donors (Lipinski definition) is 0. The average molecular weight is 963 g/mol. The molecule has 0 bridgehead atoms. The summed E-state index contributed by atoms with van der Waals surface area (Å²) in [5, 5.41) is 2.51. The number of rotatable bonds is 10. The van der Waals surface area contributed by atoms with Crippen LogP contribution in [-0.2, 0) is 18.3 Å². The molecule has 74 heavy (non-hydrogen) atoms. The molecular weight excluding hydrogens is 897 g/mol. The zero-order chi connectivity index (χ0) is 50.6. The average Bonchev–Trinajstić information content (AvgIpc) is 4.02. The Morgan fingerprint density at radius 2 is 1.18 bits per heavy atom. The monoisotopic (exact) mass is 963 g/mol. The van der Waals surface area contributed by atoms with Crippen molar-refractivity contribution in [3.05, 3.63) is 281 Å². The molecule has 2 heterocycles. The van der Waals surface area contributed by atoms with E-state index in [2.05, 4.69) is 265 Å². The first kappa shape index (κ1) is 48.0. The van der Waals surface area contributed by atoms with Crippen LogP contribution < -0.4 is 14.7 Å². The van der Waals surface area contributed by atoms with Gasteiger partial charge in [-0.05, 0) is 178 Å². The van der Waals surface area contributed by atoms with Gasteiger partial charge in [-0.15, -0.1) is 0 Å². The van der Waals surface area contributed by atoms with E-state index in [0.29, 0.717) is 0 Å². The topological polar surface area (TPSA) is 14.7 Å². The Kier molecular flexibility index (Phi) is 13.6. The zero-order valence-electron chi connectivity index (χ0n) is 43.5. The molecule has 1 aliphatic heterocycles. The summed E-state index contributed by atoms with van der Waals surface area (Å²) >= 11 is 0. The lowest BCUT2D eigenvalue weighted by Gasteiger charge is -2.31. The van der Waals surface area contributed by atoms with Crippen LogP contribution in [0.15, 0.2) is 265 Å². The van der Waals surface area contributed by atoms with Crippen molar-refractivity contribution in [2.75, 3.05) is 21.2 Å². The molecule has 7 aromatic carbocycles. The van der Waals surface area contributed by atoms with Crippen LogP contribution in [-0.4, -0.2) is 11.1 Å². The molecule has 0 N–H and O–H groups in total. The molecule has 1 aromatic heterocycles. The van der Waals surface area contributed by atoms with Gasteiger partial charge >= 0.3 is 0 Å². The fourth-order valence-electron chi connectivity index (χ4n) is 11.5. The Balaban J connectivity index is 0.00000142. The highest BCUT2D eigenvalue weighted by atomic mass is 15.2. The summed E-state index contributed by atoms with van der Waals surface area (Å²) in [5.41, 5.74) is 21.6. The van der Waals surface area contributed by atoms with E-state index in [4.69, 9.17) is 0 Å². The number of anilines is 6. The molecule has 0 unspecified atom stereocenters. The van der Waals surface area contributed by atoms with Gasteiger partial charge in [-0.2, -0.15) is 0 Å². The quantitative estimate of drug-likeness (QED) is 0.127. The highest BCUT2D eigenvalue weighted by molar-refractivity contribution is 6.10. The molecule has 3 aliphatic carbocycles. The van der Waals surface area contributed by atoms with Crippen molar-refractivity contribution in [3.8, 4) is 5.69 Å². The number of nitrogens with zero attached hydrogens (tertiary/aromatic N) is 4. The van der Waals surface area contributed by atoms with E-state index in [1.807, 2.05) is 26.0 Å². The predicted octanol–water partition coefficient (Wildman–Crippen LogP) is 18.7. The summed E-state index contributed by atoms with van der Waals surface area (Å²) in [6.07, 6.45) is 29.6. The van der Waals surface area contributed by atoms with Gasteiger partial charge in [-0.1, -0.05) is 159 Å². The van der Waals surface area contributed by atoms with Gasteiger partial charge < -0.3 is 19.3 Å². The van der Waals surface area contributed by atoms with Crippen LogP contribution in [0, 0.1) is 0 Å². The van der Waals surface area contributed by atoms with Crippen molar-refractivity contribution < 1.29 is 0 Å². The molecule has 0 saturated heterocycles. The maximum atomic E-state index is 2.48. The van der Waals surface area contributed by atoms with Crippen molar-refractivity contribution in [1.82, 2.24) is 4.57 Å². The second kappa shape index (κ2) is 21.0. The van der Waals surface area contributed by atoms with Gasteiger partial charge in [0.05, 0.1) is 11.0 Å². The largest absolute Gasteiger partial charge is 0.341 e. The van der Waals surface area contributed by atoms with E-state index in [0.717, 1.165) is 55.7 Å². The molecule has 4 aliphatic rings. The standard InChI is InChI=1S/C66H58N4.C4H8/c1-4-5-19-51-43-50-44-57(38-40-62(50)66(51,2)3)69(59-37-39-61-60-27-15-16-28-63(60)70(65(61)46-59)54-24-13-8-14-25-54)55-26-17-18-47(29-33-55)48-30-34-56(35-31-48)68(53-22-11-7-12-23-53)58-36-32-49-41-42-67(64(49)45-58)52-20-9-6-10-21-52;1-3-4-2/h4-17,19-30,32-34,36-40,44-46H,18,31,35,41-43H2,1-3H3;3-4H,1-2H3/b5-4-,51-19+;4-3-. The van der Waals surface area contributed by atoms with Crippen LogP contribution in [0.5, 0.6) is 0 Å². The fraction of sp³-hybridized carbons (Fsp3) is 0.171. The van der Waals surface area contributed by atoms with Gasteiger partial charge in [0.15, 0.2) is 0 Å². The van der Waals surface area contributed by atoms with Crippen molar-refractivity contribution in [2.24, 2.45) is 0 Å². The zero-order valence-corrected chi connectivity index (χ0v) is 43.5. The van der Waals surface area contributed by atoms with Crippen molar-refractivity contribution in [3.63, 3.8) is 0 Å². The van der Waals surface area contributed by atoms with Crippen LogP contribution >= 0.6 is 0 Å². The summed E-state index contributed by atoms with van der Waals surface area (Å²) in [6.45, 7) is 11.8. The van der Waals surface area contributed by atoms with Crippen LogP contribution in [0.25, 0.3) is 27.5 Å². The van der Waals surface area contributed by atoms with Crippen LogP contribution in [0.1, 0.15) is 70.6 Å². The highest BCUT2D eigenvalue weighted by Gasteiger charge is 2.35. The van der Waals surface area contributed by atoms with E-state index in [1.165, 1.54) is 89.3 Å². The van der Waals surface area contributed by atoms with Crippen LogP contribution in [0.2, 0.25) is 0 Å². The molecule has 4 heteroatoms. The summed E-state index contributed by atoms with van der Waals surface area (Å²) in [7, 11) is 0. The van der Waals surface area contributed by atoms with Gasteiger partial charge in [0.25, 0.3) is 0 Å². The molecule has 12 rings (SSSR count). The van der Waals surface area contributed by atoms with E-state index in [-0.39, 0.29) is 5.41 Å². The second-order valence-corrected chi connectivity index (χ2v) is 20.2. The van der Waals surface area contributed by atoms with Crippen molar-refractivity contribution in [1.29, 1.82) is 0 Å². The number of para-hydroxylation sites is 4. The molecule has 366 valence electrons. The molecule has 0 fully saturated rings. The first-order valence-electron chi connectivity index (χ1n) is 26.5. The first-order chi connectivity index (χ1) is 36.3. The van der Waals surface area contributed by atoms with Gasteiger partial charge in [-0.25, -0.2) is 0 Å². The lowest BCUT2D eigenvalue weighted by atomic mass is 9.82. The first-order valence-corrected chi connectivity index (χ1v) is 26.5. The molecule has 0 radical (unpaired) electrons. The number of hydrogen-bond acceptors (Lipinski definition) is 3. The lowest BCUT2D eigenvalue weighted by molar-refractivity contribution is 0.644. The Morgan fingerprint density at radius 1 is 0.514 bits per heavy atom. The molecule has 4 nitrogen and oxygen atoms in total. The Morgan fingerprint density at radius 3 is 1.92 bits per heavy atom. The number of allylic oxidation sites excluding steroid dienone is 15. The minimum atomic E-state index is -0.0301. The smallest absolute Gasteiger partial charge is 0.0561 e. The molecule has 0 saturated carbocycles. The third kappa shape index (κ3) is 9.22. The lowest BCUT2D eigenvalue weighted by Crippen LogP contribution is -2.19. The maximum Gasteiger partial charge on any atom is 0.0561 e. The predicted molar refractivity (Wildman–Crippen MR) is 317 cm³/mol. The third-order valence-electron chi connectivity index (χ3n) is 15.4. The fourth-order valence-corrected chi connectivity index (χ4v) is 11.5. The van der Waals surface area contributed by atoms with Crippen molar-refractivity contribution in [2.45, 2.75) is 72.1 Å². The number of benzene rings is 7. The molecule has 8 aromatic rings. The molecule has 0 spiro atoms. The minimum absolute atomic E-state index is 0.0301. The number of fused-ring (bicyclic) bond motifs is 5. The highest BCUT2D eigenvalue weighted by Crippen LogP contribution is 2.47. The van der Waals surface area contributed by atoms with E-state index in [1.54, 1.807) is 0 Å². The Labute approximate surface area is 438 Å². The normalized spacial score (nSPS) is 16.4. The minimum Gasteiger partial charge on any atom is -0.341 e. The third-order valence-corrected chi connectivity index (χ3v) is 15.4. The summed E-state index contributed by atoms with van der Waals surface area (Å²) in [6, 6.07) is 62.5. The second-order valence-electron chi connectivity index (χ2n) is 20.2. The van der Waals surface area contributed by atoms with Gasteiger partial charge in [0, 0.05) is 73.9 Å². The Bertz CT molecular complexity index is 3610. The SMILES string of the molecule is C/C=C\C.C/C=C\C=C1/Cc2cc(N(C3=CC=C(C4=CC=C(N(c5ccccc5)c5ccc6c(c5)N(c5ccccc5)CC6)CC4)CC=C3)c3ccc4c5ccccc5n(-c5ccccc5)c4c3)ccc2C1(C)C. The van der Waals surface area contributed by atoms with Gasteiger partial charge in [0.1, 0.15) is 0 Å².